The number of hydrogen-bond acceptors (Lipinski definition) is 5. The minimum atomic E-state index is -1.04. The van der Waals surface area contributed by atoms with Gasteiger partial charge < -0.3 is 19.7 Å². The molecule has 162 valence electrons. The van der Waals surface area contributed by atoms with Crippen LogP contribution in [0.5, 0.6) is 17.2 Å². The number of aromatic hydroxyl groups is 1. The molecule has 6 nitrogen and oxygen atoms in total. The number of aryl methyl sites for hydroxylation is 1. The summed E-state index contributed by atoms with van der Waals surface area (Å²) in [6.07, 6.45) is 0.455. The van der Waals surface area contributed by atoms with E-state index >= 15 is 0 Å². The first-order valence-electron chi connectivity index (χ1n) is 9.69. The number of hydrogen-bond donors (Lipinski definition) is 2. The van der Waals surface area contributed by atoms with Crippen molar-refractivity contribution >= 4 is 5.97 Å². The maximum Gasteiger partial charge on any atom is 0.341 e. The standard InChI is InChI=1S/C24H24FNO5/c1-13-10-21(31-12-22(28)29)15(3)14(2)18(13)11-16-8-9-19(27)24(26-16)17-6-5-7-20(30-4)23(17)25/h5-10,27H,11-12H2,1-4H3,(H,28,29). The van der Waals surface area contributed by atoms with Crippen molar-refractivity contribution in [2.45, 2.75) is 27.2 Å². The molecule has 0 bridgehead atoms. The van der Waals surface area contributed by atoms with Crippen molar-refractivity contribution in [2.75, 3.05) is 13.7 Å². The summed E-state index contributed by atoms with van der Waals surface area (Å²) < 4.78 is 25.1. The number of halogens is 1. The van der Waals surface area contributed by atoms with Gasteiger partial charge in [0.25, 0.3) is 0 Å². The third kappa shape index (κ3) is 4.60. The molecule has 0 radical (unpaired) electrons. The SMILES string of the molecule is COc1cccc(-c2nc(Cc3c(C)cc(OCC(=O)O)c(C)c3C)ccc2O)c1F. The second-order valence-corrected chi connectivity index (χ2v) is 7.27. The van der Waals surface area contributed by atoms with E-state index in [0.717, 1.165) is 22.3 Å². The van der Waals surface area contributed by atoms with E-state index in [-0.39, 0.29) is 22.8 Å². The number of aromatic nitrogens is 1. The molecule has 7 heteroatoms. The first-order chi connectivity index (χ1) is 14.7. The number of carbonyl (C=O) groups is 1. The number of nitrogens with zero attached hydrogens (tertiary/aromatic N) is 1. The minimum absolute atomic E-state index is 0.0726. The second-order valence-electron chi connectivity index (χ2n) is 7.27. The van der Waals surface area contributed by atoms with E-state index in [4.69, 9.17) is 14.6 Å². The quantitative estimate of drug-likeness (QED) is 0.576. The van der Waals surface area contributed by atoms with Crippen LogP contribution in [0.1, 0.15) is 27.9 Å². The number of carboxylic acid groups (broad SMARTS) is 1. The Morgan fingerprint density at radius 3 is 2.52 bits per heavy atom. The first kappa shape index (κ1) is 22.1. The van der Waals surface area contributed by atoms with Gasteiger partial charge in [-0.05, 0) is 73.4 Å². The molecule has 0 aliphatic rings. The number of carboxylic acids is 1. The zero-order chi connectivity index (χ0) is 22.7. The van der Waals surface area contributed by atoms with Crippen molar-refractivity contribution < 1.29 is 28.9 Å². The van der Waals surface area contributed by atoms with E-state index in [9.17, 15) is 14.3 Å². The van der Waals surface area contributed by atoms with Crippen molar-refractivity contribution in [3.05, 3.63) is 70.2 Å². The Labute approximate surface area is 179 Å². The molecule has 0 unspecified atom stereocenters. The van der Waals surface area contributed by atoms with E-state index in [1.54, 1.807) is 18.2 Å². The molecule has 0 saturated carbocycles. The van der Waals surface area contributed by atoms with Crippen molar-refractivity contribution in [3.8, 4) is 28.5 Å². The van der Waals surface area contributed by atoms with E-state index in [0.29, 0.717) is 17.9 Å². The Kier molecular flexibility index (Phi) is 6.44. The summed E-state index contributed by atoms with van der Waals surface area (Å²) in [6, 6.07) is 9.68. The number of pyridine rings is 1. The van der Waals surface area contributed by atoms with Crippen LogP contribution in [0.25, 0.3) is 11.3 Å². The van der Waals surface area contributed by atoms with Crippen LogP contribution in [0.3, 0.4) is 0 Å². The molecule has 0 spiro atoms. The number of benzene rings is 2. The Balaban J connectivity index is 1.99. The van der Waals surface area contributed by atoms with Gasteiger partial charge in [-0.1, -0.05) is 6.07 Å². The average Bonchev–Trinajstić information content (AvgIpc) is 2.74. The smallest absolute Gasteiger partial charge is 0.341 e. The van der Waals surface area contributed by atoms with E-state index < -0.39 is 18.4 Å². The summed E-state index contributed by atoms with van der Waals surface area (Å²) in [4.78, 5) is 15.3. The van der Waals surface area contributed by atoms with Crippen molar-refractivity contribution in [2.24, 2.45) is 0 Å². The van der Waals surface area contributed by atoms with E-state index in [1.165, 1.54) is 19.2 Å². The van der Waals surface area contributed by atoms with Gasteiger partial charge in [0, 0.05) is 17.7 Å². The molecule has 0 aliphatic carbocycles. The molecule has 1 heterocycles. The van der Waals surface area contributed by atoms with Gasteiger partial charge in [0.1, 0.15) is 17.2 Å². The fraction of sp³-hybridized carbons (Fsp3) is 0.250. The van der Waals surface area contributed by atoms with Crippen LogP contribution in [-0.4, -0.2) is 34.9 Å². The lowest BCUT2D eigenvalue weighted by Crippen LogP contribution is -2.11. The number of methoxy groups -OCH3 is 1. The summed E-state index contributed by atoms with van der Waals surface area (Å²) in [5, 5.41) is 19.2. The molecule has 1 aromatic heterocycles. The largest absolute Gasteiger partial charge is 0.506 e. The lowest BCUT2D eigenvalue weighted by Gasteiger charge is -2.17. The Morgan fingerprint density at radius 2 is 1.84 bits per heavy atom. The summed E-state index contributed by atoms with van der Waals surface area (Å²) in [7, 11) is 1.38. The predicted molar refractivity (Wildman–Crippen MR) is 114 cm³/mol. The topological polar surface area (TPSA) is 88.9 Å². The zero-order valence-electron chi connectivity index (χ0n) is 17.8. The van der Waals surface area contributed by atoms with Crippen molar-refractivity contribution in [1.29, 1.82) is 0 Å². The van der Waals surface area contributed by atoms with Gasteiger partial charge in [-0.15, -0.1) is 0 Å². The average molecular weight is 425 g/mol. The maximum absolute atomic E-state index is 14.7. The number of rotatable bonds is 7. The number of ether oxygens (including phenoxy) is 2. The maximum atomic E-state index is 14.7. The summed E-state index contributed by atoms with van der Waals surface area (Å²) in [5.74, 6) is -1.15. The molecule has 3 aromatic rings. The van der Waals surface area contributed by atoms with Crippen LogP contribution in [0.4, 0.5) is 4.39 Å². The fourth-order valence-corrected chi connectivity index (χ4v) is 3.48. The van der Waals surface area contributed by atoms with E-state index in [1.807, 2.05) is 26.8 Å². The van der Waals surface area contributed by atoms with Gasteiger partial charge >= 0.3 is 5.97 Å². The predicted octanol–water partition coefficient (Wildman–Crippen LogP) is 4.58. The molecule has 0 fully saturated rings. The van der Waals surface area contributed by atoms with Gasteiger partial charge in [-0.3, -0.25) is 0 Å². The van der Waals surface area contributed by atoms with Crippen LogP contribution < -0.4 is 9.47 Å². The minimum Gasteiger partial charge on any atom is -0.506 e. The Bertz CT molecular complexity index is 1140. The molecule has 31 heavy (non-hydrogen) atoms. The van der Waals surface area contributed by atoms with Crippen LogP contribution in [-0.2, 0) is 11.2 Å². The van der Waals surface area contributed by atoms with Gasteiger partial charge in [0.2, 0.25) is 0 Å². The van der Waals surface area contributed by atoms with Crippen molar-refractivity contribution in [3.63, 3.8) is 0 Å². The second kappa shape index (κ2) is 9.04. The van der Waals surface area contributed by atoms with Gasteiger partial charge in [0.15, 0.2) is 18.2 Å². The highest BCUT2D eigenvalue weighted by atomic mass is 19.1. The molecular formula is C24H24FNO5. The van der Waals surface area contributed by atoms with Crippen LogP contribution >= 0.6 is 0 Å². The number of aliphatic carboxylic acids is 1. The molecular weight excluding hydrogens is 401 g/mol. The summed E-state index contributed by atoms with van der Waals surface area (Å²) in [5.41, 5.74) is 4.69. The van der Waals surface area contributed by atoms with Crippen LogP contribution in [0, 0.1) is 26.6 Å². The normalized spacial score (nSPS) is 10.7. The molecule has 0 saturated heterocycles. The third-order valence-corrected chi connectivity index (χ3v) is 5.29. The molecule has 2 N–H and O–H groups in total. The Hall–Kier alpha value is -3.61. The molecule has 2 aromatic carbocycles. The lowest BCUT2D eigenvalue weighted by atomic mass is 9.93. The highest BCUT2D eigenvalue weighted by Crippen LogP contribution is 2.34. The lowest BCUT2D eigenvalue weighted by molar-refractivity contribution is -0.139. The highest BCUT2D eigenvalue weighted by molar-refractivity contribution is 5.69. The fourth-order valence-electron chi connectivity index (χ4n) is 3.48. The molecule has 0 aliphatic heterocycles. The van der Waals surface area contributed by atoms with Crippen LogP contribution in [0.2, 0.25) is 0 Å². The van der Waals surface area contributed by atoms with Crippen molar-refractivity contribution in [1.82, 2.24) is 4.98 Å². The highest BCUT2D eigenvalue weighted by Gasteiger charge is 2.18. The molecule has 0 atom stereocenters. The van der Waals surface area contributed by atoms with E-state index in [2.05, 4.69) is 4.98 Å². The Morgan fingerprint density at radius 1 is 1.10 bits per heavy atom. The van der Waals surface area contributed by atoms with Gasteiger partial charge in [-0.25, -0.2) is 14.2 Å². The summed E-state index contributed by atoms with van der Waals surface area (Å²) >= 11 is 0. The zero-order valence-corrected chi connectivity index (χ0v) is 17.8. The molecule has 0 amide bonds. The van der Waals surface area contributed by atoms with Crippen LogP contribution in [0.15, 0.2) is 36.4 Å². The first-order valence-corrected chi connectivity index (χ1v) is 9.69. The monoisotopic (exact) mass is 425 g/mol. The molecule has 3 rings (SSSR count). The van der Waals surface area contributed by atoms with Gasteiger partial charge in [0.05, 0.1) is 7.11 Å². The third-order valence-electron chi connectivity index (χ3n) is 5.29. The summed E-state index contributed by atoms with van der Waals surface area (Å²) in [6.45, 7) is 5.32. The van der Waals surface area contributed by atoms with Gasteiger partial charge in [-0.2, -0.15) is 0 Å².